The molecule has 0 saturated heterocycles. The number of nitrogens with two attached hydrogens (primary N) is 2. The van der Waals surface area contributed by atoms with Gasteiger partial charge in [0.2, 0.25) is 0 Å². The zero-order chi connectivity index (χ0) is 34.3. The van der Waals surface area contributed by atoms with Gasteiger partial charge >= 0.3 is 7.82 Å². The standard InChI is InChI=1S/C32H46N5O6P.C2H6/c1-6-7-9-27-36-28-29(37(27)20-21-18-23(11-13-26(21)38)43-44(39,40)41)24-12-10-22(19-25(24)35-30(28)33)31(2,3)15-17-42-16-8-14-32(4,5)34;1-2/h10-13,18-19,38H,6-9,14-17,20,34H2,1-5H3,(H2,33,35)(H2,39,40,41);1-2H3. The minimum absolute atomic E-state index is 0.0318. The summed E-state index contributed by atoms with van der Waals surface area (Å²) in [6.07, 6.45) is 5.19. The van der Waals surface area contributed by atoms with Crippen LogP contribution in [-0.4, -0.2) is 48.2 Å². The third-order valence-corrected chi connectivity index (χ3v) is 8.35. The first-order valence-electron chi connectivity index (χ1n) is 16.1. The highest BCUT2D eigenvalue weighted by atomic mass is 31.2. The topological polar surface area (TPSA) is 179 Å². The highest BCUT2D eigenvalue weighted by Gasteiger charge is 2.24. The molecule has 0 amide bonds. The molecule has 0 bridgehead atoms. The Balaban J connectivity index is 0.00000282. The van der Waals surface area contributed by atoms with Crippen LogP contribution in [-0.2, 0) is 27.7 Å². The van der Waals surface area contributed by atoms with Gasteiger partial charge in [-0.1, -0.05) is 53.2 Å². The van der Waals surface area contributed by atoms with Crippen molar-refractivity contribution in [1.82, 2.24) is 14.5 Å². The number of anilines is 1. The van der Waals surface area contributed by atoms with Gasteiger partial charge in [0.05, 0.1) is 17.6 Å². The SMILES string of the molecule is CC.CCCCc1nc2c(N)nc3cc(C(C)(C)CCOCCCC(C)(C)N)ccc3c2n1Cc1cc(OP(=O)(O)O)ccc1O. The van der Waals surface area contributed by atoms with Crippen molar-refractivity contribution in [3.8, 4) is 11.5 Å². The lowest BCUT2D eigenvalue weighted by Gasteiger charge is -2.26. The summed E-state index contributed by atoms with van der Waals surface area (Å²) in [6.45, 7) is 16.0. The number of aromatic hydroxyl groups is 1. The Hall–Kier alpha value is -3.21. The van der Waals surface area contributed by atoms with Crippen LogP contribution in [0.2, 0.25) is 0 Å². The first kappa shape index (κ1) is 37.2. The summed E-state index contributed by atoms with van der Waals surface area (Å²) in [5.74, 6) is 1.02. The summed E-state index contributed by atoms with van der Waals surface area (Å²) in [6, 6.07) is 10.3. The number of unbranched alkanes of at least 4 members (excludes halogenated alkanes) is 1. The number of phenols is 1. The Labute approximate surface area is 272 Å². The zero-order valence-corrected chi connectivity index (χ0v) is 29.2. The highest BCUT2D eigenvalue weighted by molar-refractivity contribution is 7.46. The Kier molecular flexibility index (Phi) is 12.6. The molecule has 0 unspecified atom stereocenters. The molecule has 2 aromatic heterocycles. The van der Waals surface area contributed by atoms with Crippen molar-refractivity contribution in [3.63, 3.8) is 0 Å². The second-order valence-corrected chi connectivity index (χ2v) is 14.0. The number of rotatable bonds is 15. The summed E-state index contributed by atoms with van der Waals surface area (Å²) in [5, 5.41) is 11.6. The number of phosphoric acid groups is 1. The molecule has 0 aliphatic carbocycles. The summed E-state index contributed by atoms with van der Waals surface area (Å²) in [7, 11) is -4.77. The van der Waals surface area contributed by atoms with Crippen LogP contribution in [0.4, 0.5) is 5.82 Å². The van der Waals surface area contributed by atoms with Crippen molar-refractivity contribution in [2.45, 2.75) is 104 Å². The van der Waals surface area contributed by atoms with Crippen molar-refractivity contribution in [3.05, 3.63) is 53.3 Å². The second-order valence-electron chi connectivity index (χ2n) is 12.9. The van der Waals surface area contributed by atoms with Gasteiger partial charge in [0, 0.05) is 36.1 Å². The van der Waals surface area contributed by atoms with Crippen molar-refractivity contribution in [2.24, 2.45) is 5.73 Å². The molecule has 0 aliphatic heterocycles. The molecule has 0 spiro atoms. The van der Waals surface area contributed by atoms with Crippen LogP contribution in [0.1, 0.15) is 97.5 Å². The Morgan fingerprint density at radius 2 is 1.70 bits per heavy atom. The number of phosphoric ester groups is 1. The molecule has 4 aromatic rings. The average molecular weight is 658 g/mol. The number of fused-ring (bicyclic) bond motifs is 3. The lowest BCUT2D eigenvalue weighted by molar-refractivity contribution is 0.111. The van der Waals surface area contributed by atoms with Crippen LogP contribution in [0.5, 0.6) is 11.5 Å². The second kappa shape index (κ2) is 15.6. The fourth-order valence-electron chi connectivity index (χ4n) is 5.33. The van der Waals surface area contributed by atoms with Gasteiger partial charge in [0.15, 0.2) is 5.82 Å². The van der Waals surface area contributed by atoms with E-state index in [1.165, 1.54) is 18.2 Å². The summed E-state index contributed by atoms with van der Waals surface area (Å²) in [5.41, 5.74) is 15.8. The first-order chi connectivity index (χ1) is 21.6. The third kappa shape index (κ3) is 9.89. The molecule has 4 rings (SSSR count). The van der Waals surface area contributed by atoms with Crippen LogP contribution in [0, 0.1) is 0 Å². The van der Waals surface area contributed by atoms with E-state index in [0.717, 1.165) is 59.9 Å². The maximum atomic E-state index is 11.4. The van der Waals surface area contributed by atoms with E-state index in [9.17, 15) is 19.5 Å². The molecular formula is C34H52N5O6P. The maximum Gasteiger partial charge on any atom is 0.524 e. The van der Waals surface area contributed by atoms with E-state index >= 15 is 0 Å². The van der Waals surface area contributed by atoms with Gasteiger partial charge < -0.3 is 30.4 Å². The molecule has 46 heavy (non-hydrogen) atoms. The van der Waals surface area contributed by atoms with Crippen LogP contribution in [0.25, 0.3) is 21.9 Å². The number of pyridine rings is 1. The molecule has 0 aliphatic rings. The number of imidazole rings is 1. The van der Waals surface area contributed by atoms with Gasteiger partial charge in [-0.15, -0.1) is 0 Å². The summed E-state index contributed by atoms with van der Waals surface area (Å²) < 4.78 is 24.1. The van der Waals surface area contributed by atoms with Gasteiger partial charge in [-0.25, -0.2) is 14.5 Å². The van der Waals surface area contributed by atoms with Crippen LogP contribution >= 0.6 is 7.82 Å². The molecule has 2 aromatic carbocycles. The molecule has 0 fully saturated rings. The zero-order valence-electron chi connectivity index (χ0n) is 28.3. The first-order valence-corrected chi connectivity index (χ1v) is 17.6. The molecule has 0 saturated carbocycles. The summed E-state index contributed by atoms with van der Waals surface area (Å²) in [4.78, 5) is 28.2. The molecule has 12 heteroatoms. The van der Waals surface area contributed by atoms with Crippen molar-refractivity contribution in [1.29, 1.82) is 0 Å². The molecule has 0 radical (unpaired) electrons. The average Bonchev–Trinajstić information content (AvgIpc) is 3.33. The number of aryl methyl sites for hydroxylation is 1. The van der Waals surface area contributed by atoms with E-state index in [2.05, 4.69) is 32.9 Å². The fourth-order valence-corrected chi connectivity index (χ4v) is 5.72. The molecule has 254 valence electrons. The number of ether oxygens (including phenoxy) is 1. The predicted octanol–water partition coefficient (Wildman–Crippen LogP) is 6.96. The van der Waals surface area contributed by atoms with Crippen molar-refractivity contribution >= 4 is 35.6 Å². The van der Waals surface area contributed by atoms with Gasteiger partial charge in [0.1, 0.15) is 22.8 Å². The minimum atomic E-state index is -4.77. The number of benzene rings is 2. The molecular weight excluding hydrogens is 605 g/mol. The third-order valence-electron chi connectivity index (χ3n) is 7.90. The van der Waals surface area contributed by atoms with Crippen molar-refractivity contribution < 1.29 is 28.7 Å². The quantitative estimate of drug-likeness (QED) is 0.0662. The number of nitrogen functional groups attached to an aromatic ring is 1. The van der Waals surface area contributed by atoms with E-state index in [1.807, 2.05) is 38.3 Å². The van der Waals surface area contributed by atoms with E-state index in [-0.39, 0.29) is 29.0 Å². The summed E-state index contributed by atoms with van der Waals surface area (Å²) >= 11 is 0. The highest BCUT2D eigenvalue weighted by Crippen LogP contribution is 2.40. The Morgan fingerprint density at radius 1 is 0.978 bits per heavy atom. The van der Waals surface area contributed by atoms with Crippen molar-refractivity contribution in [2.75, 3.05) is 18.9 Å². The molecule has 2 heterocycles. The number of hydrogen-bond acceptors (Lipinski definition) is 8. The Bertz CT molecular complexity index is 1660. The van der Waals surface area contributed by atoms with E-state index in [0.29, 0.717) is 36.5 Å². The van der Waals surface area contributed by atoms with Gasteiger partial charge in [-0.05, 0) is 74.8 Å². The fraction of sp³-hybridized carbons (Fsp3) is 0.529. The smallest absolute Gasteiger partial charge is 0.508 e. The van der Waals surface area contributed by atoms with E-state index in [1.54, 1.807) is 0 Å². The molecule has 11 nitrogen and oxygen atoms in total. The minimum Gasteiger partial charge on any atom is -0.508 e. The predicted molar refractivity (Wildman–Crippen MR) is 185 cm³/mol. The van der Waals surface area contributed by atoms with Crippen LogP contribution in [0.3, 0.4) is 0 Å². The lowest BCUT2D eigenvalue weighted by Crippen LogP contribution is -2.32. The number of phenolic OH excluding ortho intramolecular Hbond substituents is 1. The Morgan fingerprint density at radius 3 is 2.35 bits per heavy atom. The van der Waals surface area contributed by atoms with Gasteiger partial charge in [-0.3, -0.25) is 9.79 Å². The molecule has 0 atom stereocenters. The van der Waals surface area contributed by atoms with Crippen LogP contribution < -0.4 is 16.0 Å². The normalized spacial score (nSPS) is 12.4. The van der Waals surface area contributed by atoms with Gasteiger partial charge in [0.25, 0.3) is 0 Å². The molecule has 7 N–H and O–H groups in total. The van der Waals surface area contributed by atoms with Gasteiger partial charge in [-0.2, -0.15) is 0 Å². The largest absolute Gasteiger partial charge is 0.524 e. The number of nitrogens with zero attached hydrogens (tertiary/aromatic N) is 3. The van der Waals surface area contributed by atoms with E-state index < -0.39 is 7.82 Å². The van der Waals surface area contributed by atoms with Crippen LogP contribution in [0.15, 0.2) is 36.4 Å². The van der Waals surface area contributed by atoms with E-state index in [4.69, 9.17) is 30.7 Å². The monoisotopic (exact) mass is 657 g/mol. The maximum absolute atomic E-state index is 11.4. The number of aromatic nitrogens is 3. The number of hydrogen-bond donors (Lipinski definition) is 5. The lowest BCUT2D eigenvalue weighted by atomic mass is 9.81.